The van der Waals surface area contributed by atoms with Crippen LogP contribution in [0.15, 0.2) is 21.8 Å². The van der Waals surface area contributed by atoms with Crippen molar-refractivity contribution in [2.75, 3.05) is 34.4 Å². The molecule has 0 radical (unpaired) electrons. The van der Waals surface area contributed by atoms with Crippen LogP contribution in [-0.4, -0.2) is 86.3 Å². The van der Waals surface area contributed by atoms with E-state index in [0.717, 1.165) is 21.7 Å². The fourth-order valence-electron chi connectivity index (χ4n) is 5.78. The van der Waals surface area contributed by atoms with Crippen LogP contribution in [0.4, 0.5) is 4.79 Å². The molecular weight excluding hydrogens is 873 g/mol. The Labute approximate surface area is 350 Å². The van der Waals surface area contributed by atoms with Crippen molar-refractivity contribution >= 4 is 62.6 Å². The molecule has 1 aliphatic rings. The Bertz CT molecular complexity index is 1520. The van der Waals surface area contributed by atoms with Gasteiger partial charge in [-0.2, -0.15) is 0 Å². The Morgan fingerprint density at radius 3 is 2.16 bits per heavy atom. The molecule has 1 amide bonds. The van der Waals surface area contributed by atoms with Crippen molar-refractivity contribution in [2.24, 2.45) is 5.41 Å². The summed E-state index contributed by atoms with van der Waals surface area (Å²) in [4.78, 5) is 25.7. The third-order valence-corrected chi connectivity index (χ3v) is 16.0. The van der Waals surface area contributed by atoms with Crippen molar-refractivity contribution in [3.05, 3.63) is 32.4 Å². The van der Waals surface area contributed by atoms with Gasteiger partial charge in [-0.25, -0.2) is 4.79 Å². The molecule has 0 fully saturated rings. The number of methoxy groups -OCH3 is 2. The second-order valence-corrected chi connectivity index (χ2v) is 27.8. The number of halogens is 2. The molecule has 1 N–H and O–H groups in total. The second-order valence-electron chi connectivity index (χ2n) is 16.8. The minimum Gasteiger partial charge on any atom is -0.469 e. The van der Waals surface area contributed by atoms with E-state index >= 15 is 0 Å². The molecule has 0 aliphatic heterocycles. The van der Waals surface area contributed by atoms with E-state index in [2.05, 4.69) is 85.9 Å². The summed E-state index contributed by atoms with van der Waals surface area (Å²) in [7, 11) is -1.11. The molecule has 2 rings (SSSR count). The number of ether oxygens (including phenoxy) is 7. The predicted molar refractivity (Wildman–Crippen MR) is 231 cm³/mol. The van der Waals surface area contributed by atoms with Gasteiger partial charge in [0.15, 0.2) is 32.7 Å². The molecular formula is C40H65ClINO10Si2. The van der Waals surface area contributed by atoms with Gasteiger partial charge in [-0.15, -0.1) is 5.54 Å². The first kappa shape index (κ1) is 49.3. The number of rotatable bonds is 19. The van der Waals surface area contributed by atoms with Gasteiger partial charge in [-0.05, 0) is 106 Å². The van der Waals surface area contributed by atoms with E-state index in [1.807, 2.05) is 0 Å². The van der Waals surface area contributed by atoms with Crippen LogP contribution >= 0.6 is 34.2 Å². The first-order valence-electron chi connectivity index (χ1n) is 19.0. The van der Waals surface area contributed by atoms with Gasteiger partial charge in [0.05, 0.1) is 29.2 Å². The average Bonchev–Trinajstić information content (AvgIpc) is 3.40. The van der Waals surface area contributed by atoms with E-state index in [1.54, 1.807) is 60.8 Å². The Morgan fingerprint density at radius 1 is 1.02 bits per heavy atom. The van der Waals surface area contributed by atoms with Gasteiger partial charge in [0.25, 0.3) is 0 Å². The zero-order chi connectivity index (χ0) is 41.8. The second kappa shape index (κ2) is 21.2. The summed E-state index contributed by atoms with van der Waals surface area (Å²) in [6.07, 6.45) is 1.02. The lowest BCUT2D eigenvalue weighted by molar-refractivity contribution is -0.153. The molecule has 0 bridgehead atoms. The van der Waals surface area contributed by atoms with E-state index in [9.17, 15) is 9.59 Å². The number of esters is 1. The van der Waals surface area contributed by atoms with Crippen molar-refractivity contribution in [2.45, 2.75) is 142 Å². The van der Waals surface area contributed by atoms with E-state index in [4.69, 9.17) is 49.2 Å². The number of nitrogens with one attached hydrogen (secondary N) is 1. The lowest BCUT2D eigenvalue weighted by Crippen LogP contribution is -2.55. The van der Waals surface area contributed by atoms with Gasteiger partial charge in [-0.3, -0.25) is 4.79 Å². The molecule has 312 valence electrons. The number of carbonyl (C=O) groups excluding carboxylic acids is 2. The summed E-state index contributed by atoms with van der Waals surface area (Å²) >= 11 is 9.52. The number of benzene rings is 1. The predicted octanol–water partition coefficient (Wildman–Crippen LogP) is 9.97. The van der Waals surface area contributed by atoms with Crippen LogP contribution in [0.5, 0.6) is 11.5 Å². The van der Waals surface area contributed by atoms with Gasteiger partial charge in [0.1, 0.15) is 26.1 Å². The minimum absolute atomic E-state index is 0.0317. The maximum absolute atomic E-state index is 13.1. The summed E-state index contributed by atoms with van der Waals surface area (Å²) in [5, 5.41) is 3.15. The molecule has 0 heterocycles. The molecule has 0 saturated heterocycles. The highest BCUT2D eigenvalue weighted by atomic mass is 127. The number of hydrogen-bond acceptors (Lipinski definition) is 10. The highest BCUT2D eigenvalue weighted by molar-refractivity contribution is 14.1. The van der Waals surface area contributed by atoms with Gasteiger partial charge in [-0.1, -0.05) is 57.9 Å². The quantitative estimate of drug-likeness (QED) is 0.0472. The lowest BCUT2D eigenvalue weighted by Gasteiger charge is -2.44. The molecule has 1 aliphatic carbocycles. The van der Waals surface area contributed by atoms with Crippen LogP contribution in [0.3, 0.4) is 0 Å². The van der Waals surface area contributed by atoms with Crippen LogP contribution in [0.2, 0.25) is 42.8 Å². The monoisotopic (exact) mass is 937 g/mol. The summed E-state index contributed by atoms with van der Waals surface area (Å²) in [5.74, 6) is 3.69. The molecule has 0 unspecified atom stereocenters. The van der Waals surface area contributed by atoms with Crippen LogP contribution in [0.25, 0.3) is 0 Å². The maximum Gasteiger partial charge on any atom is 0.408 e. The Morgan fingerprint density at radius 2 is 1.64 bits per heavy atom. The number of carbonyl (C=O) groups is 2. The molecule has 1 aromatic rings. The zero-order valence-electron chi connectivity index (χ0n) is 35.5. The SMILES string of the molecule is CC[Si](CC)(CC)O[C@]1([C@@H](C#C[Si](C)(C)C)Oc2c(Cl)cc([C@H](CCOC(=O)C(C)(C)C)NC(=O)OC(C)(C)C)cc2OCOC)C[C@H](OCOC)C=C1I. The minimum atomic E-state index is -2.29. The number of hydrogen-bond donors (Lipinski definition) is 1. The molecule has 0 spiro atoms. The van der Waals surface area contributed by atoms with Crippen LogP contribution in [0.1, 0.15) is 86.8 Å². The van der Waals surface area contributed by atoms with E-state index in [-0.39, 0.29) is 55.2 Å². The summed E-state index contributed by atoms with van der Waals surface area (Å²) in [5.41, 5.74) is 1.72. The third kappa shape index (κ3) is 15.1. The summed E-state index contributed by atoms with van der Waals surface area (Å²) < 4.78 is 49.5. The van der Waals surface area contributed by atoms with E-state index < -0.39 is 51.2 Å². The highest BCUT2D eigenvalue weighted by Gasteiger charge is 2.54. The number of alkyl carbamates (subject to hydrolysis) is 1. The van der Waals surface area contributed by atoms with Crippen LogP contribution < -0.4 is 14.8 Å². The van der Waals surface area contributed by atoms with E-state index in [1.165, 1.54) is 7.11 Å². The first-order valence-corrected chi connectivity index (χ1v) is 26.5. The van der Waals surface area contributed by atoms with Gasteiger partial charge in [0.2, 0.25) is 0 Å². The Kier molecular flexibility index (Phi) is 19.0. The largest absolute Gasteiger partial charge is 0.469 e. The normalized spacial score (nSPS) is 18.8. The number of amides is 1. The molecule has 4 atom stereocenters. The van der Waals surface area contributed by atoms with Crippen molar-refractivity contribution in [1.29, 1.82) is 0 Å². The van der Waals surface area contributed by atoms with Crippen molar-refractivity contribution in [3.8, 4) is 23.0 Å². The standard InChI is InChI=1S/C40H65ClINO10Si2/c1-15-55(16-2,17-3)53-40(25-29(24-33(40)42)49-26-46-10)34(19-21-54(12,13)14)51-35-30(41)22-28(23-32(35)50-27-47-11)31(43-37(45)52-39(7,8)9)18-20-48-36(44)38(4,5)6/h22-24,29,31,34H,15-18,20,25-27H2,1-14H3,(H,43,45)/t29-,31+,34-,40-/m1/s1. The van der Waals surface area contributed by atoms with Gasteiger partial charge >= 0.3 is 12.1 Å². The highest BCUT2D eigenvalue weighted by Crippen LogP contribution is 2.49. The lowest BCUT2D eigenvalue weighted by atomic mass is 9.95. The third-order valence-electron chi connectivity index (χ3n) is 8.92. The smallest absolute Gasteiger partial charge is 0.408 e. The van der Waals surface area contributed by atoms with Crippen molar-refractivity contribution < 1.29 is 47.2 Å². The zero-order valence-corrected chi connectivity index (χ0v) is 40.4. The van der Waals surface area contributed by atoms with Gasteiger partial charge in [0, 0.05) is 30.6 Å². The molecule has 0 aromatic heterocycles. The molecule has 11 nitrogen and oxygen atoms in total. The average molecular weight is 938 g/mol. The topological polar surface area (TPSA) is 120 Å². The Balaban J connectivity index is 2.81. The van der Waals surface area contributed by atoms with E-state index in [0.29, 0.717) is 12.0 Å². The molecule has 15 heteroatoms. The van der Waals surface area contributed by atoms with Crippen molar-refractivity contribution in [1.82, 2.24) is 5.32 Å². The molecule has 0 saturated carbocycles. The fourth-order valence-corrected chi connectivity index (χ4v) is 10.8. The van der Waals surface area contributed by atoms with Crippen molar-refractivity contribution in [3.63, 3.8) is 0 Å². The van der Waals surface area contributed by atoms with Gasteiger partial charge < -0.3 is 42.9 Å². The maximum atomic E-state index is 13.1. The first-order chi connectivity index (χ1) is 25.5. The summed E-state index contributed by atoms with van der Waals surface area (Å²) in [6, 6.07) is 5.52. The Hall–Kier alpha value is -1.85. The van der Waals surface area contributed by atoms with Crippen LogP contribution in [0, 0.1) is 16.9 Å². The van der Waals surface area contributed by atoms with Crippen LogP contribution in [-0.2, 0) is 32.9 Å². The molecule has 55 heavy (non-hydrogen) atoms. The molecule has 1 aromatic carbocycles. The summed E-state index contributed by atoms with van der Waals surface area (Å²) in [6.45, 7) is 23.9. The fraction of sp³-hybridized carbons (Fsp3) is 0.700.